The molecule has 5 aromatic rings. The van der Waals surface area contributed by atoms with Crippen molar-refractivity contribution in [2.45, 2.75) is 24.4 Å². The zero-order chi connectivity index (χ0) is 20.5. The molecule has 0 atom stereocenters. The molecule has 0 aliphatic rings. The van der Waals surface area contributed by atoms with Crippen molar-refractivity contribution in [1.82, 2.24) is 18.9 Å². The Kier molecular flexibility index (Phi) is 4.85. The van der Waals surface area contributed by atoms with E-state index in [1.807, 2.05) is 71.3 Å². The number of pyridine rings is 1. The second-order valence-corrected chi connectivity index (χ2v) is 8.22. The molecular formula is C24H20N4OS. The highest BCUT2D eigenvalue weighted by Gasteiger charge is 2.13. The van der Waals surface area contributed by atoms with Gasteiger partial charge >= 0.3 is 0 Å². The molecule has 0 amide bonds. The first kappa shape index (κ1) is 18.6. The lowest BCUT2D eigenvalue weighted by Gasteiger charge is -2.13. The van der Waals surface area contributed by atoms with E-state index >= 15 is 0 Å². The third kappa shape index (κ3) is 3.62. The SMILES string of the molecule is Cc1ccc2nc(CSc3nc4ccccc4c(=O)n3Cc3ccccc3)cn2c1. The van der Waals surface area contributed by atoms with Crippen LogP contribution in [0.2, 0.25) is 0 Å². The van der Waals surface area contributed by atoms with Crippen LogP contribution in [-0.2, 0) is 12.3 Å². The molecule has 0 fully saturated rings. The average molecular weight is 413 g/mol. The fourth-order valence-electron chi connectivity index (χ4n) is 3.53. The molecule has 0 bridgehead atoms. The minimum absolute atomic E-state index is 0.0161. The fourth-order valence-corrected chi connectivity index (χ4v) is 4.41. The largest absolute Gasteiger partial charge is 0.307 e. The molecule has 0 N–H and O–H groups in total. The van der Waals surface area contributed by atoms with Crippen molar-refractivity contribution in [3.63, 3.8) is 0 Å². The summed E-state index contributed by atoms with van der Waals surface area (Å²) in [6.07, 6.45) is 4.10. The van der Waals surface area contributed by atoms with E-state index in [1.165, 1.54) is 5.56 Å². The quantitative estimate of drug-likeness (QED) is 0.310. The number of para-hydroxylation sites is 1. The van der Waals surface area contributed by atoms with Gasteiger partial charge in [0.25, 0.3) is 5.56 Å². The van der Waals surface area contributed by atoms with E-state index in [1.54, 1.807) is 16.3 Å². The molecule has 6 heteroatoms. The van der Waals surface area contributed by atoms with Gasteiger partial charge in [-0.25, -0.2) is 9.97 Å². The van der Waals surface area contributed by atoms with Gasteiger partial charge in [0.1, 0.15) is 5.65 Å². The van der Waals surface area contributed by atoms with Crippen LogP contribution in [0.4, 0.5) is 0 Å². The topological polar surface area (TPSA) is 52.2 Å². The van der Waals surface area contributed by atoms with Crippen LogP contribution in [0.15, 0.2) is 89.1 Å². The van der Waals surface area contributed by atoms with Gasteiger partial charge in [0, 0.05) is 18.1 Å². The molecule has 2 aromatic carbocycles. The van der Waals surface area contributed by atoms with Crippen molar-refractivity contribution in [1.29, 1.82) is 0 Å². The summed E-state index contributed by atoms with van der Waals surface area (Å²) >= 11 is 1.54. The van der Waals surface area contributed by atoms with Crippen LogP contribution < -0.4 is 5.56 Å². The third-order valence-corrected chi connectivity index (χ3v) is 6.02. The molecule has 0 aliphatic heterocycles. The second-order valence-electron chi connectivity index (χ2n) is 7.28. The third-order valence-electron chi connectivity index (χ3n) is 5.01. The number of aryl methyl sites for hydroxylation is 1. The van der Waals surface area contributed by atoms with Gasteiger partial charge in [0.2, 0.25) is 0 Å². The molecular weight excluding hydrogens is 392 g/mol. The molecule has 0 radical (unpaired) electrons. The molecule has 0 spiro atoms. The van der Waals surface area contributed by atoms with E-state index < -0.39 is 0 Å². The van der Waals surface area contributed by atoms with E-state index in [4.69, 9.17) is 9.97 Å². The Bertz CT molecular complexity index is 1410. The summed E-state index contributed by atoms with van der Waals surface area (Å²) in [5.74, 6) is 0.639. The Labute approximate surface area is 178 Å². The first-order chi connectivity index (χ1) is 14.7. The Hall–Kier alpha value is -3.38. The van der Waals surface area contributed by atoms with Gasteiger partial charge < -0.3 is 4.40 Å². The van der Waals surface area contributed by atoms with Crippen LogP contribution in [0.3, 0.4) is 0 Å². The lowest BCUT2D eigenvalue weighted by Crippen LogP contribution is -2.24. The first-order valence-corrected chi connectivity index (χ1v) is 10.8. The number of rotatable bonds is 5. The smallest absolute Gasteiger partial charge is 0.262 e. The number of thioether (sulfide) groups is 1. The van der Waals surface area contributed by atoms with Crippen molar-refractivity contribution < 1.29 is 0 Å². The summed E-state index contributed by atoms with van der Waals surface area (Å²) in [4.78, 5) is 22.7. The predicted molar refractivity (Wildman–Crippen MR) is 121 cm³/mol. The fraction of sp³-hybridized carbons (Fsp3) is 0.125. The van der Waals surface area contributed by atoms with Gasteiger partial charge in [0.05, 0.1) is 23.1 Å². The minimum Gasteiger partial charge on any atom is -0.307 e. The molecule has 0 aliphatic carbocycles. The molecule has 0 saturated carbocycles. The van der Waals surface area contributed by atoms with Crippen LogP contribution >= 0.6 is 11.8 Å². The van der Waals surface area contributed by atoms with Gasteiger partial charge in [-0.2, -0.15) is 0 Å². The van der Waals surface area contributed by atoms with E-state index in [0.29, 0.717) is 22.8 Å². The zero-order valence-electron chi connectivity index (χ0n) is 16.5. The van der Waals surface area contributed by atoms with Gasteiger partial charge in [0.15, 0.2) is 5.16 Å². The van der Waals surface area contributed by atoms with Crippen molar-refractivity contribution in [3.05, 3.63) is 106 Å². The summed E-state index contributed by atoms with van der Waals surface area (Å²) in [7, 11) is 0. The monoisotopic (exact) mass is 412 g/mol. The number of imidazole rings is 1. The summed E-state index contributed by atoms with van der Waals surface area (Å²) < 4.78 is 3.80. The van der Waals surface area contributed by atoms with Gasteiger partial charge in [-0.1, -0.05) is 60.3 Å². The molecule has 30 heavy (non-hydrogen) atoms. The Morgan fingerprint density at radius 3 is 2.57 bits per heavy atom. The number of aromatic nitrogens is 4. The molecule has 0 unspecified atom stereocenters. The van der Waals surface area contributed by atoms with Crippen molar-refractivity contribution in [3.8, 4) is 0 Å². The standard InChI is InChI=1S/C24H20N4OS/c1-17-11-12-22-25-19(15-27(22)13-17)16-30-24-26-21-10-6-5-9-20(21)23(29)28(24)14-18-7-3-2-4-8-18/h2-13,15H,14,16H2,1H3. The number of nitrogens with zero attached hydrogens (tertiary/aromatic N) is 4. The zero-order valence-corrected chi connectivity index (χ0v) is 17.3. The molecule has 3 aromatic heterocycles. The van der Waals surface area contributed by atoms with Gasteiger partial charge in [-0.05, 0) is 36.2 Å². The maximum atomic E-state index is 13.2. The molecule has 5 rings (SSSR count). The number of hydrogen-bond acceptors (Lipinski definition) is 4. The highest BCUT2D eigenvalue weighted by Crippen LogP contribution is 2.23. The average Bonchev–Trinajstić information content (AvgIpc) is 3.17. The van der Waals surface area contributed by atoms with Crippen molar-refractivity contribution in [2.24, 2.45) is 0 Å². The van der Waals surface area contributed by atoms with Crippen molar-refractivity contribution >= 4 is 28.3 Å². The van der Waals surface area contributed by atoms with Crippen LogP contribution in [0.5, 0.6) is 0 Å². The lowest BCUT2D eigenvalue weighted by molar-refractivity contribution is 0.658. The molecule has 148 valence electrons. The highest BCUT2D eigenvalue weighted by molar-refractivity contribution is 7.98. The Morgan fingerprint density at radius 2 is 1.70 bits per heavy atom. The summed E-state index contributed by atoms with van der Waals surface area (Å²) in [5.41, 5.74) is 4.84. The maximum Gasteiger partial charge on any atom is 0.262 e. The molecule has 0 saturated heterocycles. The maximum absolute atomic E-state index is 13.2. The number of benzene rings is 2. The predicted octanol–water partition coefficient (Wildman–Crippen LogP) is 4.69. The normalized spacial score (nSPS) is 11.4. The number of fused-ring (bicyclic) bond motifs is 2. The molecule has 5 nitrogen and oxygen atoms in total. The first-order valence-electron chi connectivity index (χ1n) is 9.78. The lowest BCUT2D eigenvalue weighted by atomic mass is 10.2. The second kappa shape index (κ2) is 7.80. The van der Waals surface area contributed by atoms with Crippen molar-refractivity contribution in [2.75, 3.05) is 0 Å². The summed E-state index contributed by atoms with van der Waals surface area (Å²) in [6, 6.07) is 21.6. The Morgan fingerprint density at radius 1 is 0.900 bits per heavy atom. The van der Waals surface area contributed by atoms with E-state index in [-0.39, 0.29) is 5.56 Å². The van der Waals surface area contributed by atoms with Crippen LogP contribution in [0, 0.1) is 6.92 Å². The van der Waals surface area contributed by atoms with E-state index in [0.717, 1.165) is 22.4 Å². The highest BCUT2D eigenvalue weighted by atomic mass is 32.2. The van der Waals surface area contributed by atoms with Gasteiger partial charge in [-0.3, -0.25) is 9.36 Å². The van der Waals surface area contributed by atoms with E-state index in [9.17, 15) is 4.79 Å². The summed E-state index contributed by atoms with van der Waals surface area (Å²) in [5, 5.41) is 1.34. The molecule has 3 heterocycles. The van der Waals surface area contributed by atoms with Crippen LogP contribution in [0.1, 0.15) is 16.8 Å². The minimum atomic E-state index is -0.0161. The van der Waals surface area contributed by atoms with Gasteiger partial charge in [-0.15, -0.1) is 0 Å². The Balaban J connectivity index is 1.52. The van der Waals surface area contributed by atoms with Crippen LogP contribution in [-0.4, -0.2) is 18.9 Å². The number of hydrogen-bond donors (Lipinski definition) is 0. The van der Waals surface area contributed by atoms with E-state index in [2.05, 4.69) is 19.2 Å². The van der Waals surface area contributed by atoms with Crippen LogP contribution in [0.25, 0.3) is 16.6 Å². The summed E-state index contributed by atoms with van der Waals surface area (Å²) in [6.45, 7) is 2.55.